The summed E-state index contributed by atoms with van der Waals surface area (Å²) in [5.74, 6) is 0. The molecule has 0 fully saturated rings. The maximum absolute atomic E-state index is 13.4. The second-order valence-electron chi connectivity index (χ2n) is 6.63. The molecule has 4 rings (SSSR count). The van der Waals surface area contributed by atoms with Crippen LogP contribution in [0.2, 0.25) is 5.02 Å². The first-order valence-electron chi connectivity index (χ1n) is 9.02. The van der Waals surface area contributed by atoms with Gasteiger partial charge in [0.15, 0.2) is 0 Å². The van der Waals surface area contributed by atoms with Gasteiger partial charge in [0.2, 0.25) is 0 Å². The highest BCUT2D eigenvalue weighted by atomic mass is 35.5. The van der Waals surface area contributed by atoms with E-state index in [2.05, 4.69) is 0 Å². The van der Waals surface area contributed by atoms with E-state index in [9.17, 15) is 8.42 Å². The smallest absolute Gasteiger partial charge is 0.253 e. The van der Waals surface area contributed by atoms with Gasteiger partial charge in [-0.25, -0.2) is 13.4 Å². The molecule has 0 N–H and O–H groups in total. The fourth-order valence-electron chi connectivity index (χ4n) is 2.96. The molecule has 1 aliphatic heterocycles. The second kappa shape index (κ2) is 8.00. The van der Waals surface area contributed by atoms with Crippen molar-refractivity contribution in [3.8, 4) is 0 Å². The molecule has 1 aliphatic rings. The zero-order valence-electron chi connectivity index (χ0n) is 15.6. The first-order valence-corrected chi connectivity index (χ1v) is 10.8. The zero-order valence-corrected chi connectivity index (χ0v) is 17.2. The van der Waals surface area contributed by atoms with Gasteiger partial charge in [0.25, 0.3) is 10.0 Å². The quantitative estimate of drug-likeness (QED) is 0.571. The molecule has 3 aromatic carbocycles. The molecule has 0 saturated carbocycles. The number of sulfonamides is 1. The van der Waals surface area contributed by atoms with Crippen LogP contribution in [0.15, 0.2) is 96.0 Å². The molecule has 0 aromatic heterocycles. The van der Waals surface area contributed by atoms with Crippen LogP contribution in [-0.4, -0.2) is 13.0 Å². The lowest BCUT2D eigenvalue weighted by molar-refractivity contribution is -0.127. The molecule has 5 nitrogen and oxygen atoms in total. The van der Waals surface area contributed by atoms with Gasteiger partial charge in [0.1, 0.15) is 6.10 Å². The van der Waals surface area contributed by atoms with E-state index in [1.807, 2.05) is 43.3 Å². The predicted molar refractivity (Wildman–Crippen MR) is 114 cm³/mol. The Balaban J connectivity index is 1.78. The summed E-state index contributed by atoms with van der Waals surface area (Å²) in [5, 5.41) is 2.01. The molecule has 0 spiro atoms. The van der Waals surface area contributed by atoms with E-state index in [0.717, 1.165) is 15.7 Å². The van der Waals surface area contributed by atoms with Crippen LogP contribution >= 0.6 is 11.6 Å². The second-order valence-corrected chi connectivity index (χ2v) is 8.80. The van der Waals surface area contributed by atoms with E-state index in [0.29, 0.717) is 10.7 Å². The number of hydrogen-bond donors (Lipinski definition) is 0. The molecule has 1 heterocycles. The minimum atomic E-state index is -3.97. The van der Waals surface area contributed by atoms with Crippen LogP contribution in [-0.2, 0) is 14.9 Å². The summed E-state index contributed by atoms with van der Waals surface area (Å²) >= 11 is 5.99. The van der Waals surface area contributed by atoms with Crippen molar-refractivity contribution in [1.82, 2.24) is 4.58 Å². The van der Waals surface area contributed by atoms with Crippen LogP contribution < -0.4 is 5.01 Å². The van der Waals surface area contributed by atoms with Gasteiger partial charge in [-0.15, -0.1) is 0 Å². The van der Waals surface area contributed by atoms with Crippen molar-refractivity contribution < 1.29 is 13.3 Å². The van der Waals surface area contributed by atoms with Crippen LogP contribution in [0.1, 0.15) is 17.2 Å². The molecule has 1 atom stereocenters. The first kappa shape index (κ1) is 19.7. The average Bonchev–Trinajstić information content (AvgIpc) is 2.75. The lowest BCUT2D eigenvalue weighted by atomic mass is 10.1. The van der Waals surface area contributed by atoms with Crippen LogP contribution in [0.4, 0.5) is 5.69 Å². The molecule has 0 bridgehead atoms. The van der Waals surface area contributed by atoms with Crippen molar-refractivity contribution in [3.63, 3.8) is 0 Å². The maximum atomic E-state index is 13.4. The number of rotatable bonds is 4. The Morgan fingerprint density at radius 1 is 0.897 bits per heavy atom. The van der Waals surface area contributed by atoms with Gasteiger partial charge in [-0.05, 0) is 55.0 Å². The van der Waals surface area contributed by atoms with Gasteiger partial charge in [0, 0.05) is 15.8 Å². The summed E-state index contributed by atoms with van der Waals surface area (Å²) in [6, 6.07) is 23.0. The first-order chi connectivity index (χ1) is 13.9. The summed E-state index contributed by atoms with van der Waals surface area (Å²) in [7, 11) is -3.97. The van der Waals surface area contributed by atoms with Gasteiger partial charge in [-0.3, -0.25) is 4.84 Å². The number of hydrogen-bond acceptors (Lipinski definition) is 4. The van der Waals surface area contributed by atoms with Crippen LogP contribution in [0.3, 0.4) is 0 Å². The Kier molecular flexibility index (Phi) is 5.43. The zero-order chi connectivity index (χ0) is 20.4. The van der Waals surface area contributed by atoms with E-state index in [4.69, 9.17) is 16.4 Å². The molecule has 0 saturated heterocycles. The number of halogens is 1. The Labute approximate surface area is 175 Å². The number of benzene rings is 3. The summed E-state index contributed by atoms with van der Waals surface area (Å²) in [6.07, 6.45) is 2.96. The van der Waals surface area contributed by atoms with Crippen LogP contribution in [0, 0.1) is 6.92 Å². The number of hydrazine groups is 1. The minimum absolute atomic E-state index is 0.143. The van der Waals surface area contributed by atoms with Crippen LogP contribution in [0.25, 0.3) is 0 Å². The lowest BCUT2D eigenvalue weighted by Gasteiger charge is -2.37. The molecule has 1 unspecified atom stereocenters. The van der Waals surface area contributed by atoms with Gasteiger partial charge >= 0.3 is 0 Å². The third kappa shape index (κ3) is 4.06. The third-order valence-electron chi connectivity index (χ3n) is 4.53. The summed E-state index contributed by atoms with van der Waals surface area (Å²) in [4.78, 5) is 6.11. The molecular formula is C22H19ClN2O3S. The fraction of sp³-hybridized carbons (Fsp3) is 0.0909. The van der Waals surface area contributed by atoms with Crippen molar-refractivity contribution in [2.75, 3.05) is 5.01 Å². The van der Waals surface area contributed by atoms with Crippen molar-refractivity contribution in [3.05, 3.63) is 107 Å². The van der Waals surface area contributed by atoms with Crippen molar-refractivity contribution in [1.29, 1.82) is 0 Å². The molecule has 3 aromatic rings. The van der Waals surface area contributed by atoms with E-state index >= 15 is 0 Å². The number of aryl methyl sites for hydroxylation is 1. The number of anilines is 1. The number of nitrogens with zero attached hydrogens (tertiary/aromatic N) is 2. The Bertz CT molecular complexity index is 1110. The topological polar surface area (TPSA) is 49.9 Å². The van der Waals surface area contributed by atoms with E-state index in [1.165, 1.54) is 5.01 Å². The van der Waals surface area contributed by atoms with Gasteiger partial charge in [-0.2, -0.15) is 0 Å². The van der Waals surface area contributed by atoms with Gasteiger partial charge in [-0.1, -0.05) is 59.6 Å². The Morgan fingerprint density at radius 3 is 2.21 bits per heavy atom. The normalized spacial score (nSPS) is 17.4. The molecular weight excluding hydrogens is 408 g/mol. The van der Waals surface area contributed by atoms with E-state index in [1.54, 1.807) is 54.7 Å². The third-order valence-corrected chi connectivity index (χ3v) is 6.32. The SMILES string of the molecule is Cc1ccc(S(=O)(=O)N2OC(c3ccccc3)C=CN2c2ccc(Cl)cc2)cc1. The monoisotopic (exact) mass is 426 g/mol. The highest BCUT2D eigenvalue weighted by Crippen LogP contribution is 2.33. The summed E-state index contributed by atoms with van der Waals surface area (Å²) in [5.41, 5.74) is 2.43. The lowest BCUT2D eigenvalue weighted by Crippen LogP contribution is -2.46. The van der Waals surface area contributed by atoms with Crippen molar-refractivity contribution in [2.45, 2.75) is 17.9 Å². The van der Waals surface area contributed by atoms with E-state index < -0.39 is 16.1 Å². The van der Waals surface area contributed by atoms with Crippen LogP contribution in [0.5, 0.6) is 0 Å². The Hall–Kier alpha value is -2.64. The van der Waals surface area contributed by atoms with Crippen molar-refractivity contribution >= 4 is 27.3 Å². The van der Waals surface area contributed by atoms with E-state index in [-0.39, 0.29) is 4.90 Å². The largest absolute Gasteiger partial charge is 0.283 e. The van der Waals surface area contributed by atoms with Gasteiger partial charge in [0.05, 0.1) is 10.6 Å². The maximum Gasteiger partial charge on any atom is 0.283 e. The summed E-state index contributed by atoms with van der Waals surface area (Å²) < 4.78 is 27.8. The highest BCUT2D eigenvalue weighted by Gasteiger charge is 2.36. The van der Waals surface area contributed by atoms with Crippen molar-refractivity contribution in [2.24, 2.45) is 0 Å². The molecule has 0 aliphatic carbocycles. The fourth-order valence-corrected chi connectivity index (χ4v) is 4.33. The summed E-state index contributed by atoms with van der Waals surface area (Å²) in [6.45, 7) is 1.90. The molecule has 29 heavy (non-hydrogen) atoms. The predicted octanol–water partition coefficient (Wildman–Crippen LogP) is 5.26. The molecule has 0 radical (unpaired) electrons. The average molecular weight is 427 g/mol. The molecule has 0 amide bonds. The highest BCUT2D eigenvalue weighted by molar-refractivity contribution is 7.89. The van der Waals surface area contributed by atoms with Gasteiger partial charge < -0.3 is 0 Å². The molecule has 148 valence electrons. The molecule has 7 heteroatoms. The minimum Gasteiger partial charge on any atom is -0.253 e. The standard InChI is InChI=1S/C22H19ClN2O3S/c1-17-7-13-21(14-8-17)29(26,27)25-24(20-11-9-19(23)10-12-20)16-15-22(28-25)18-5-3-2-4-6-18/h2-16,22H,1H3. The Morgan fingerprint density at radius 2 is 1.55 bits per heavy atom.